The fraction of sp³-hybridized carbons (Fsp3) is 0. The highest BCUT2D eigenvalue weighted by atomic mass is 35.5. The first-order valence-electron chi connectivity index (χ1n) is 5.15. The SMILES string of the molecule is Nc1ccc(Cl)cc1C(=NO)c1ccc(Cl)cc1. The monoisotopic (exact) mass is 280 g/mol. The minimum absolute atomic E-state index is 0.353. The quantitative estimate of drug-likeness (QED) is 0.380. The summed E-state index contributed by atoms with van der Waals surface area (Å²) in [6.07, 6.45) is 0. The van der Waals surface area contributed by atoms with Gasteiger partial charge < -0.3 is 10.9 Å². The minimum Gasteiger partial charge on any atom is -0.410 e. The number of benzene rings is 2. The van der Waals surface area contributed by atoms with Gasteiger partial charge in [0.2, 0.25) is 0 Å². The first-order valence-corrected chi connectivity index (χ1v) is 5.91. The van der Waals surface area contributed by atoms with Crippen molar-refractivity contribution in [2.45, 2.75) is 0 Å². The number of anilines is 1. The average Bonchev–Trinajstić information content (AvgIpc) is 2.37. The predicted octanol–water partition coefficient (Wildman–Crippen LogP) is 3.80. The summed E-state index contributed by atoms with van der Waals surface area (Å²) in [6.45, 7) is 0. The molecule has 5 heteroatoms. The Morgan fingerprint density at radius 3 is 2.22 bits per heavy atom. The molecule has 3 N–H and O–H groups in total. The molecule has 0 fully saturated rings. The molecule has 18 heavy (non-hydrogen) atoms. The van der Waals surface area contributed by atoms with E-state index in [1.807, 2.05) is 0 Å². The van der Waals surface area contributed by atoms with E-state index in [0.717, 1.165) is 0 Å². The molecule has 0 heterocycles. The van der Waals surface area contributed by atoms with E-state index in [1.54, 1.807) is 42.5 Å². The highest BCUT2D eigenvalue weighted by molar-refractivity contribution is 6.32. The molecule has 0 unspecified atom stereocenters. The lowest BCUT2D eigenvalue weighted by Crippen LogP contribution is -2.07. The molecule has 0 radical (unpaired) electrons. The van der Waals surface area contributed by atoms with Crippen molar-refractivity contribution in [3.8, 4) is 0 Å². The van der Waals surface area contributed by atoms with Gasteiger partial charge in [-0.1, -0.05) is 40.5 Å². The lowest BCUT2D eigenvalue weighted by atomic mass is 10.0. The van der Waals surface area contributed by atoms with Gasteiger partial charge in [-0.25, -0.2) is 0 Å². The van der Waals surface area contributed by atoms with Crippen LogP contribution in [0.25, 0.3) is 0 Å². The molecular weight excluding hydrogens is 271 g/mol. The van der Waals surface area contributed by atoms with Crippen LogP contribution in [0, 0.1) is 0 Å². The molecular formula is C13H10Cl2N2O. The Morgan fingerprint density at radius 2 is 1.61 bits per heavy atom. The van der Waals surface area contributed by atoms with Crippen LogP contribution in [-0.2, 0) is 0 Å². The van der Waals surface area contributed by atoms with Crippen molar-refractivity contribution in [2.24, 2.45) is 5.16 Å². The molecule has 0 amide bonds. The minimum atomic E-state index is 0.353. The predicted molar refractivity (Wildman–Crippen MR) is 74.7 cm³/mol. The first kappa shape index (κ1) is 12.7. The fourth-order valence-corrected chi connectivity index (χ4v) is 1.91. The van der Waals surface area contributed by atoms with E-state index in [9.17, 15) is 5.21 Å². The second-order valence-electron chi connectivity index (χ2n) is 3.69. The van der Waals surface area contributed by atoms with Crippen LogP contribution in [0.4, 0.5) is 5.69 Å². The zero-order valence-electron chi connectivity index (χ0n) is 9.27. The summed E-state index contributed by atoms with van der Waals surface area (Å²) in [6, 6.07) is 11.9. The summed E-state index contributed by atoms with van der Waals surface area (Å²) in [5.41, 5.74) is 7.98. The Kier molecular flexibility index (Phi) is 3.75. The van der Waals surface area contributed by atoms with Gasteiger partial charge in [-0.15, -0.1) is 0 Å². The molecule has 0 aliphatic heterocycles. The van der Waals surface area contributed by atoms with Crippen molar-refractivity contribution < 1.29 is 5.21 Å². The highest BCUT2D eigenvalue weighted by Crippen LogP contribution is 2.22. The average molecular weight is 281 g/mol. The van der Waals surface area contributed by atoms with Crippen LogP contribution < -0.4 is 5.73 Å². The third-order valence-corrected chi connectivity index (χ3v) is 2.98. The van der Waals surface area contributed by atoms with E-state index >= 15 is 0 Å². The zero-order valence-corrected chi connectivity index (χ0v) is 10.8. The summed E-state index contributed by atoms with van der Waals surface area (Å²) < 4.78 is 0. The molecule has 3 nitrogen and oxygen atoms in total. The summed E-state index contributed by atoms with van der Waals surface area (Å²) >= 11 is 11.7. The second-order valence-corrected chi connectivity index (χ2v) is 4.56. The van der Waals surface area contributed by atoms with Crippen LogP contribution in [-0.4, -0.2) is 10.9 Å². The Morgan fingerprint density at radius 1 is 1.00 bits per heavy atom. The number of hydrogen-bond donors (Lipinski definition) is 2. The number of rotatable bonds is 2. The van der Waals surface area contributed by atoms with E-state index in [0.29, 0.717) is 32.6 Å². The highest BCUT2D eigenvalue weighted by Gasteiger charge is 2.11. The number of oxime groups is 1. The molecule has 0 saturated carbocycles. The van der Waals surface area contributed by atoms with Gasteiger partial charge >= 0.3 is 0 Å². The van der Waals surface area contributed by atoms with Crippen molar-refractivity contribution in [1.82, 2.24) is 0 Å². The van der Waals surface area contributed by atoms with Gasteiger partial charge in [0.05, 0.1) is 0 Å². The van der Waals surface area contributed by atoms with Crippen LogP contribution in [0.2, 0.25) is 10.0 Å². The van der Waals surface area contributed by atoms with Crippen molar-refractivity contribution in [2.75, 3.05) is 5.73 Å². The Bertz CT molecular complexity index is 594. The summed E-state index contributed by atoms with van der Waals surface area (Å²) in [4.78, 5) is 0. The molecule has 92 valence electrons. The Balaban J connectivity index is 2.52. The Hall–Kier alpha value is -1.71. The van der Waals surface area contributed by atoms with Gasteiger partial charge in [0.1, 0.15) is 5.71 Å². The van der Waals surface area contributed by atoms with Crippen molar-refractivity contribution in [3.63, 3.8) is 0 Å². The molecule has 0 aliphatic carbocycles. The van der Waals surface area contributed by atoms with Gasteiger partial charge in [-0.05, 0) is 30.3 Å². The topological polar surface area (TPSA) is 58.6 Å². The maximum atomic E-state index is 9.17. The standard InChI is InChI=1S/C13H10Cl2N2O/c14-9-3-1-8(2-4-9)13(17-18)11-7-10(15)5-6-12(11)16/h1-7,18H,16H2. The van der Waals surface area contributed by atoms with Crippen LogP contribution in [0.3, 0.4) is 0 Å². The smallest absolute Gasteiger partial charge is 0.119 e. The maximum absolute atomic E-state index is 9.17. The van der Waals surface area contributed by atoms with Crippen molar-refractivity contribution in [3.05, 3.63) is 63.6 Å². The number of nitrogen functional groups attached to an aromatic ring is 1. The van der Waals surface area contributed by atoms with E-state index in [4.69, 9.17) is 28.9 Å². The lowest BCUT2D eigenvalue weighted by Gasteiger charge is -2.08. The van der Waals surface area contributed by atoms with Crippen LogP contribution in [0.15, 0.2) is 47.6 Å². The molecule has 0 aliphatic rings. The molecule has 0 atom stereocenters. The number of hydrogen-bond acceptors (Lipinski definition) is 3. The van der Waals surface area contributed by atoms with E-state index < -0.39 is 0 Å². The van der Waals surface area contributed by atoms with Crippen molar-refractivity contribution >= 4 is 34.6 Å². The van der Waals surface area contributed by atoms with E-state index in [-0.39, 0.29) is 0 Å². The van der Waals surface area contributed by atoms with Gasteiger partial charge in [0.25, 0.3) is 0 Å². The molecule has 0 saturated heterocycles. The number of halogens is 2. The second kappa shape index (κ2) is 5.29. The summed E-state index contributed by atoms with van der Waals surface area (Å²) in [7, 11) is 0. The number of nitrogens with two attached hydrogens (primary N) is 1. The Labute approximate surface area is 114 Å². The summed E-state index contributed by atoms with van der Waals surface area (Å²) in [5.74, 6) is 0. The van der Waals surface area contributed by atoms with Gasteiger partial charge in [-0.3, -0.25) is 0 Å². The molecule has 2 aromatic rings. The molecule has 2 rings (SSSR count). The summed E-state index contributed by atoms with van der Waals surface area (Å²) in [5, 5.41) is 13.6. The largest absolute Gasteiger partial charge is 0.410 e. The third kappa shape index (κ3) is 2.58. The third-order valence-electron chi connectivity index (χ3n) is 2.49. The molecule has 0 spiro atoms. The maximum Gasteiger partial charge on any atom is 0.119 e. The molecule has 0 aromatic heterocycles. The van der Waals surface area contributed by atoms with Gasteiger partial charge in [-0.2, -0.15) is 0 Å². The zero-order chi connectivity index (χ0) is 13.1. The van der Waals surface area contributed by atoms with Crippen LogP contribution in [0.1, 0.15) is 11.1 Å². The van der Waals surface area contributed by atoms with E-state index in [2.05, 4.69) is 5.16 Å². The van der Waals surface area contributed by atoms with E-state index in [1.165, 1.54) is 0 Å². The first-order chi connectivity index (χ1) is 8.61. The van der Waals surface area contributed by atoms with Crippen LogP contribution >= 0.6 is 23.2 Å². The normalized spacial score (nSPS) is 11.6. The van der Waals surface area contributed by atoms with Crippen LogP contribution in [0.5, 0.6) is 0 Å². The van der Waals surface area contributed by atoms with Gasteiger partial charge in [0.15, 0.2) is 0 Å². The van der Waals surface area contributed by atoms with Crippen molar-refractivity contribution in [1.29, 1.82) is 0 Å². The fourth-order valence-electron chi connectivity index (χ4n) is 1.61. The molecule has 0 bridgehead atoms. The lowest BCUT2D eigenvalue weighted by molar-refractivity contribution is 0.319. The number of nitrogens with zero attached hydrogens (tertiary/aromatic N) is 1. The molecule has 2 aromatic carbocycles. The van der Waals surface area contributed by atoms with Gasteiger partial charge in [0, 0.05) is 26.9 Å².